The summed E-state index contributed by atoms with van der Waals surface area (Å²) in [5.41, 5.74) is 0. The molecule has 27 heavy (non-hydrogen) atoms. The van der Waals surface area contributed by atoms with E-state index in [2.05, 4.69) is 17.6 Å². The van der Waals surface area contributed by atoms with E-state index >= 15 is 0 Å². The Morgan fingerprint density at radius 2 is 1.59 bits per heavy atom. The molecule has 10 heteroatoms. The van der Waals surface area contributed by atoms with Crippen LogP contribution in [0.15, 0.2) is 29.4 Å². The zero-order valence-corrected chi connectivity index (χ0v) is 17.6. The van der Waals surface area contributed by atoms with E-state index in [1.165, 1.54) is 35.4 Å². The maximum atomic E-state index is 10.9. The van der Waals surface area contributed by atoms with Gasteiger partial charge in [-0.25, -0.2) is 4.98 Å². The summed E-state index contributed by atoms with van der Waals surface area (Å²) in [6.07, 6.45) is 1.86. The standard InChI is InChI=1S/C11H13NO3S2.C6H10O3S/c1-8(13)6-9(11(14)15)7-16-17-10-4-2-3-5-12-10;1-4(7)2-5(3-10)6(8)9/h2-5,9H,6-7H2,1H3,(H,14,15);5,10H,2-3H2,1H3,(H,8,9)/t9-;5-/m00/s1. The summed E-state index contributed by atoms with van der Waals surface area (Å²) in [4.78, 5) is 46.6. The SMILES string of the molecule is CC(=O)C[C@@H](CS)C(=O)O.CC(=O)C[C@@H](CSSc1ccccn1)C(=O)O. The quantitative estimate of drug-likeness (QED) is 0.357. The van der Waals surface area contributed by atoms with Crippen molar-refractivity contribution in [2.45, 2.75) is 31.7 Å². The van der Waals surface area contributed by atoms with E-state index in [1.807, 2.05) is 18.2 Å². The minimum absolute atomic E-state index is 0.0822. The van der Waals surface area contributed by atoms with Crippen molar-refractivity contribution in [1.29, 1.82) is 0 Å². The summed E-state index contributed by atoms with van der Waals surface area (Å²) in [6.45, 7) is 2.78. The van der Waals surface area contributed by atoms with Gasteiger partial charge in [0.05, 0.1) is 11.8 Å². The number of carbonyl (C=O) groups is 4. The lowest BCUT2D eigenvalue weighted by molar-refractivity contribution is -0.143. The number of carboxylic acid groups (broad SMARTS) is 2. The molecule has 1 aromatic heterocycles. The summed E-state index contributed by atoms with van der Waals surface area (Å²) >= 11 is 3.80. The van der Waals surface area contributed by atoms with Crippen molar-refractivity contribution >= 4 is 57.7 Å². The van der Waals surface area contributed by atoms with Crippen molar-refractivity contribution in [3.05, 3.63) is 24.4 Å². The lowest BCUT2D eigenvalue weighted by Gasteiger charge is -2.08. The molecule has 0 radical (unpaired) electrons. The molecule has 0 spiro atoms. The van der Waals surface area contributed by atoms with Crippen LogP contribution in [-0.4, -0.2) is 50.2 Å². The molecule has 7 nitrogen and oxygen atoms in total. The van der Waals surface area contributed by atoms with Gasteiger partial charge in [0, 0.05) is 30.5 Å². The van der Waals surface area contributed by atoms with Crippen molar-refractivity contribution in [3.8, 4) is 0 Å². The Kier molecular flexibility index (Phi) is 13.7. The number of hydrogen-bond donors (Lipinski definition) is 3. The predicted molar refractivity (Wildman–Crippen MR) is 109 cm³/mol. The van der Waals surface area contributed by atoms with Gasteiger partial charge in [0.1, 0.15) is 16.6 Å². The topological polar surface area (TPSA) is 122 Å². The monoisotopic (exact) mass is 433 g/mol. The van der Waals surface area contributed by atoms with Crippen molar-refractivity contribution in [1.82, 2.24) is 4.98 Å². The third-order valence-corrected chi connectivity index (χ3v) is 5.82. The summed E-state index contributed by atoms with van der Waals surface area (Å²) in [6, 6.07) is 5.56. The highest BCUT2D eigenvalue weighted by Crippen LogP contribution is 2.31. The zero-order chi connectivity index (χ0) is 20.8. The summed E-state index contributed by atoms with van der Waals surface area (Å²) < 4.78 is 0. The van der Waals surface area contributed by atoms with Gasteiger partial charge < -0.3 is 19.8 Å². The first kappa shape index (κ1) is 25.5. The molecule has 2 N–H and O–H groups in total. The van der Waals surface area contributed by atoms with Crippen LogP contribution in [0.4, 0.5) is 0 Å². The molecule has 0 saturated heterocycles. The number of ketones is 2. The van der Waals surface area contributed by atoms with E-state index in [0.717, 1.165) is 5.03 Å². The van der Waals surface area contributed by atoms with Crippen LogP contribution in [0.2, 0.25) is 0 Å². The van der Waals surface area contributed by atoms with Gasteiger partial charge in [-0.2, -0.15) is 12.6 Å². The number of aliphatic carboxylic acids is 2. The number of Topliss-reactive ketones (excluding diaryl/α,β-unsaturated/α-hetero) is 2. The highest BCUT2D eigenvalue weighted by atomic mass is 33.1. The minimum atomic E-state index is -0.954. The Balaban J connectivity index is 0.000000580. The largest absolute Gasteiger partial charge is 0.481 e. The van der Waals surface area contributed by atoms with Crippen molar-refractivity contribution in [2.24, 2.45) is 11.8 Å². The maximum Gasteiger partial charge on any atom is 0.307 e. The molecule has 0 aromatic carbocycles. The van der Waals surface area contributed by atoms with Gasteiger partial charge in [0.2, 0.25) is 0 Å². The number of pyridine rings is 1. The second-order valence-corrected chi connectivity index (χ2v) is 8.33. The second kappa shape index (κ2) is 14.5. The summed E-state index contributed by atoms with van der Waals surface area (Å²) in [5.74, 6) is -2.71. The number of nitrogens with zero attached hydrogens (tertiary/aromatic N) is 1. The Morgan fingerprint density at radius 1 is 1.04 bits per heavy atom. The van der Waals surface area contributed by atoms with Crippen LogP contribution in [-0.2, 0) is 19.2 Å². The molecule has 0 aliphatic carbocycles. The molecule has 0 aliphatic rings. The highest BCUT2D eigenvalue weighted by Gasteiger charge is 2.19. The number of carboxylic acids is 2. The molecule has 0 saturated carbocycles. The molecule has 0 unspecified atom stereocenters. The number of rotatable bonds is 11. The first-order chi connectivity index (χ1) is 12.7. The van der Waals surface area contributed by atoms with Gasteiger partial charge in [0.25, 0.3) is 0 Å². The normalized spacial score (nSPS) is 12.3. The Labute approximate surface area is 171 Å². The van der Waals surface area contributed by atoms with Crippen LogP contribution in [0.5, 0.6) is 0 Å². The Hall–Kier alpha value is -1.52. The van der Waals surface area contributed by atoms with Gasteiger partial charge in [-0.1, -0.05) is 16.9 Å². The molecule has 1 aromatic rings. The van der Waals surface area contributed by atoms with Gasteiger partial charge >= 0.3 is 11.9 Å². The van der Waals surface area contributed by atoms with E-state index in [-0.39, 0.29) is 30.2 Å². The van der Waals surface area contributed by atoms with Crippen LogP contribution in [0, 0.1) is 11.8 Å². The molecular formula is C17H23NO6S3. The fourth-order valence-corrected chi connectivity index (χ4v) is 4.21. The Morgan fingerprint density at radius 3 is 1.96 bits per heavy atom. The predicted octanol–water partition coefficient (Wildman–Crippen LogP) is 3.10. The second-order valence-electron chi connectivity index (χ2n) is 5.60. The average molecular weight is 434 g/mol. The van der Waals surface area contributed by atoms with Crippen LogP contribution in [0.1, 0.15) is 26.7 Å². The van der Waals surface area contributed by atoms with E-state index in [1.54, 1.807) is 6.20 Å². The van der Waals surface area contributed by atoms with E-state index < -0.39 is 23.8 Å². The molecule has 0 amide bonds. The lowest BCUT2D eigenvalue weighted by Crippen LogP contribution is -2.18. The van der Waals surface area contributed by atoms with Crippen LogP contribution < -0.4 is 0 Å². The van der Waals surface area contributed by atoms with Crippen LogP contribution >= 0.6 is 34.2 Å². The van der Waals surface area contributed by atoms with E-state index in [4.69, 9.17) is 10.2 Å². The Bertz CT molecular complexity index is 626. The fraction of sp³-hybridized carbons (Fsp3) is 0.471. The van der Waals surface area contributed by atoms with Gasteiger partial charge in [-0.15, -0.1) is 0 Å². The van der Waals surface area contributed by atoms with Crippen LogP contribution in [0.3, 0.4) is 0 Å². The molecule has 0 fully saturated rings. The first-order valence-corrected chi connectivity index (χ1v) is 10.9. The molecule has 150 valence electrons. The molecule has 0 bridgehead atoms. The smallest absolute Gasteiger partial charge is 0.307 e. The lowest BCUT2D eigenvalue weighted by atomic mass is 10.1. The minimum Gasteiger partial charge on any atom is -0.481 e. The summed E-state index contributed by atoms with van der Waals surface area (Å²) in [7, 11) is 2.83. The fourth-order valence-electron chi connectivity index (χ4n) is 1.71. The third-order valence-electron chi connectivity index (χ3n) is 3.04. The molecule has 0 aliphatic heterocycles. The average Bonchev–Trinajstić information content (AvgIpc) is 2.59. The van der Waals surface area contributed by atoms with Crippen molar-refractivity contribution in [3.63, 3.8) is 0 Å². The number of carbonyl (C=O) groups excluding carboxylic acids is 2. The highest BCUT2D eigenvalue weighted by molar-refractivity contribution is 8.76. The number of thiol groups is 1. The van der Waals surface area contributed by atoms with E-state index in [9.17, 15) is 19.2 Å². The van der Waals surface area contributed by atoms with Crippen molar-refractivity contribution in [2.75, 3.05) is 11.5 Å². The van der Waals surface area contributed by atoms with E-state index in [0.29, 0.717) is 5.75 Å². The van der Waals surface area contributed by atoms with Gasteiger partial charge in [-0.3, -0.25) is 9.59 Å². The molecule has 1 heterocycles. The molecular weight excluding hydrogens is 410 g/mol. The third kappa shape index (κ3) is 13.3. The van der Waals surface area contributed by atoms with Gasteiger partial charge in [-0.05, 0) is 36.8 Å². The first-order valence-electron chi connectivity index (χ1n) is 7.93. The molecule has 1 rings (SSSR count). The van der Waals surface area contributed by atoms with Crippen molar-refractivity contribution < 1.29 is 29.4 Å². The van der Waals surface area contributed by atoms with Gasteiger partial charge in [0.15, 0.2) is 0 Å². The van der Waals surface area contributed by atoms with Crippen LogP contribution in [0.25, 0.3) is 0 Å². The number of hydrogen-bond acceptors (Lipinski definition) is 8. The maximum absolute atomic E-state index is 10.9. The summed E-state index contributed by atoms with van der Waals surface area (Å²) in [5, 5.41) is 18.2. The zero-order valence-electron chi connectivity index (χ0n) is 15.0. The molecule has 2 atom stereocenters. The number of aromatic nitrogens is 1.